The van der Waals surface area contributed by atoms with Gasteiger partial charge in [0, 0.05) is 18.0 Å². The molecule has 0 aliphatic carbocycles. The van der Waals surface area contributed by atoms with E-state index >= 15 is 0 Å². The third-order valence-corrected chi connectivity index (χ3v) is 10.2. The van der Waals surface area contributed by atoms with Crippen LogP contribution in [0.2, 0.25) is 0 Å². The van der Waals surface area contributed by atoms with Gasteiger partial charge in [0.1, 0.15) is 11.0 Å². The van der Waals surface area contributed by atoms with E-state index in [0.717, 1.165) is 50.1 Å². The summed E-state index contributed by atoms with van der Waals surface area (Å²) in [5, 5.41) is 15.1. The minimum atomic E-state index is 0.840. The Morgan fingerprint density at radius 2 is 0.811 bits per heavy atom. The number of benzene rings is 8. The first kappa shape index (κ1) is 30.6. The maximum absolute atomic E-state index is 5.10. The van der Waals surface area contributed by atoms with E-state index < -0.39 is 0 Å². The monoisotopic (exact) mass is 676 g/mol. The summed E-state index contributed by atoms with van der Waals surface area (Å²) >= 11 is 0. The minimum Gasteiger partial charge on any atom is -0.265 e. The van der Waals surface area contributed by atoms with Crippen LogP contribution in [0.15, 0.2) is 194 Å². The fourth-order valence-corrected chi connectivity index (χ4v) is 7.48. The van der Waals surface area contributed by atoms with Crippen LogP contribution in [-0.4, -0.2) is 20.0 Å². The second kappa shape index (κ2) is 12.9. The topological polar surface area (TPSA) is 43.6 Å². The number of pyridine rings is 1. The zero-order valence-electron chi connectivity index (χ0n) is 28.8. The van der Waals surface area contributed by atoms with Crippen molar-refractivity contribution >= 4 is 32.6 Å². The number of hydrogen-bond acceptors (Lipinski definition) is 3. The van der Waals surface area contributed by atoms with E-state index in [2.05, 4.69) is 175 Å². The Morgan fingerprint density at radius 3 is 1.42 bits per heavy atom. The molecule has 0 spiro atoms. The van der Waals surface area contributed by atoms with Gasteiger partial charge < -0.3 is 0 Å². The molecular weight excluding hydrogens is 645 g/mol. The zero-order chi connectivity index (χ0) is 35.1. The lowest BCUT2D eigenvalue weighted by Gasteiger charge is -2.11. The van der Waals surface area contributed by atoms with Gasteiger partial charge in [-0.15, -0.1) is 10.2 Å². The van der Waals surface area contributed by atoms with Crippen LogP contribution in [0.1, 0.15) is 0 Å². The van der Waals surface area contributed by atoms with Crippen LogP contribution in [0.5, 0.6) is 0 Å². The van der Waals surface area contributed by atoms with E-state index in [-0.39, 0.29) is 0 Å². The van der Waals surface area contributed by atoms with Crippen molar-refractivity contribution in [3.05, 3.63) is 194 Å². The van der Waals surface area contributed by atoms with Crippen molar-refractivity contribution in [1.29, 1.82) is 0 Å². The van der Waals surface area contributed by atoms with Crippen molar-refractivity contribution in [3.8, 4) is 61.3 Å². The molecule has 10 rings (SSSR count). The first-order valence-electron chi connectivity index (χ1n) is 17.8. The van der Waals surface area contributed by atoms with Gasteiger partial charge in [-0.3, -0.25) is 4.98 Å². The van der Waals surface area contributed by atoms with E-state index in [0.29, 0.717) is 0 Å². The molecule has 0 saturated carbocycles. The quantitative estimate of drug-likeness (QED) is 0.176. The number of nitrogens with zero attached hydrogens (tertiary/aromatic N) is 4. The summed E-state index contributed by atoms with van der Waals surface area (Å²) in [6.45, 7) is 0. The lowest BCUT2D eigenvalue weighted by Crippen LogP contribution is -1.98. The van der Waals surface area contributed by atoms with E-state index in [1.54, 1.807) is 4.80 Å². The molecule has 0 aliphatic heterocycles. The van der Waals surface area contributed by atoms with E-state index in [4.69, 9.17) is 10.2 Å². The summed E-state index contributed by atoms with van der Waals surface area (Å²) in [6.07, 6.45) is 3.63. The van der Waals surface area contributed by atoms with Crippen LogP contribution in [0.25, 0.3) is 93.9 Å². The van der Waals surface area contributed by atoms with Gasteiger partial charge in [-0.2, -0.15) is 4.80 Å². The average Bonchev–Trinajstić information content (AvgIpc) is 3.68. The summed E-state index contributed by atoms with van der Waals surface area (Å²) in [5.41, 5.74) is 14.0. The van der Waals surface area contributed by atoms with Gasteiger partial charge in [-0.1, -0.05) is 146 Å². The predicted octanol–water partition coefficient (Wildman–Crippen LogP) is 12.5. The fraction of sp³-hybridized carbons (Fsp3) is 0. The van der Waals surface area contributed by atoms with Gasteiger partial charge in [0.15, 0.2) is 0 Å². The van der Waals surface area contributed by atoms with Crippen molar-refractivity contribution in [1.82, 2.24) is 20.0 Å². The SMILES string of the molecule is c1ccc2c(-c3ccc(-c4cc(-c5ccc(-c6cccc7ccccc67)cc5)c5nn(-c6ccc(-c7ccncc7)cc6)nc5c4)cc3)cccc2c1. The first-order chi connectivity index (χ1) is 26.2. The van der Waals surface area contributed by atoms with Crippen molar-refractivity contribution in [2.75, 3.05) is 0 Å². The Bertz CT molecular complexity index is 2900. The van der Waals surface area contributed by atoms with E-state index in [1.165, 1.54) is 43.8 Å². The summed E-state index contributed by atoms with van der Waals surface area (Å²) in [6, 6.07) is 64.6. The third kappa shape index (κ3) is 5.63. The summed E-state index contributed by atoms with van der Waals surface area (Å²) in [4.78, 5) is 5.91. The standard InChI is InChI=1S/C49H32N4/c1-3-11-43-36(7-1)9-5-13-45(43)38-17-15-34(16-18-38)41-31-47(40-21-19-39(20-22-40)46-14-6-10-37-8-2-4-12-44(37)46)49-48(32-41)51-53(52-49)42-25-23-33(24-26-42)35-27-29-50-30-28-35/h1-32H. The average molecular weight is 677 g/mol. The molecule has 0 fully saturated rings. The van der Waals surface area contributed by atoms with Gasteiger partial charge >= 0.3 is 0 Å². The molecule has 2 heterocycles. The van der Waals surface area contributed by atoms with Crippen LogP contribution in [0, 0.1) is 0 Å². The molecule has 0 radical (unpaired) electrons. The zero-order valence-corrected chi connectivity index (χ0v) is 28.8. The van der Waals surface area contributed by atoms with Gasteiger partial charge in [0.25, 0.3) is 0 Å². The molecule has 2 aromatic heterocycles. The number of aromatic nitrogens is 4. The lowest BCUT2D eigenvalue weighted by molar-refractivity contribution is 0.766. The second-order valence-electron chi connectivity index (χ2n) is 13.4. The molecule has 0 amide bonds. The molecule has 8 aromatic carbocycles. The second-order valence-corrected chi connectivity index (χ2v) is 13.4. The normalized spacial score (nSPS) is 11.4. The molecule has 4 heteroatoms. The molecule has 248 valence electrons. The highest BCUT2D eigenvalue weighted by molar-refractivity contribution is 6.00. The Morgan fingerprint density at radius 1 is 0.340 bits per heavy atom. The minimum absolute atomic E-state index is 0.840. The Balaban J connectivity index is 1.07. The highest BCUT2D eigenvalue weighted by Gasteiger charge is 2.16. The highest BCUT2D eigenvalue weighted by Crippen LogP contribution is 2.37. The van der Waals surface area contributed by atoms with Gasteiger partial charge in [-0.25, -0.2) is 0 Å². The van der Waals surface area contributed by atoms with Gasteiger partial charge in [0.05, 0.1) is 5.69 Å². The highest BCUT2D eigenvalue weighted by atomic mass is 15.5. The molecule has 0 saturated heterocycles. The Labute approximate surface area is 307 Å². The number of fused-ring (bicyclic) bond motifs is 3. The fourth-order valence-electron chi connectivity index (χ4n) is 7.48. The molecule has 10 aromatic rings. The number of rotatable bonds is 6. The van der Waals surface area contributed by atoms with Crippen LogP contribution >= 0.6 is 0 Å². The summed E-state index contributed by atoms with van der Waals surface area (Å²) in [7, 11) is 0. The van der Waals surface area contributed by atoms with Crippen LogP contribution in [0.4, 0.5) is 0 Å². The molecule has 0 aliphatic rings. The van der Waals surface area contributed by atoms with Crippen molar-refractivity contribution in [3.63, 3.8) is 0 Å². The smallest absolute Gasteiger partial charge is 0.121 e. The van der Waals surface area contributed by atoms with Gasteiger partial charge in [0.2, 0.25) is 0 Å². The molecule has 0 atom stereocenters. The van der Waals surface area contributed by atoms with Crippen LogP contribution in [0.3, 0.4) is 0 Å². The molecule has 0 N–H and O–H groups in total. The summed E-state index contributed by atoms with van der Waals surface area (Å²) < 4.78 is 0. The summed E-state index contributed by atoms with van der Waals surface area (Å²) in [5.74, 6) is 0. The van der Waals surface area contributed by atoms with Gasteiger partial charge in [-0.05, 0) is 108 Å². The van der Waals surface area contributed by atoms with Crippen molar-refractivity contribution < 1.29 is 0 Å². The Kier molecular flexibility index (Phi) is 7.43. The molecule has 0 unspecified atom stereocenters. The van der Waals surface area contributed by atoms with Crippen LogP contribution in [-0.2, 0) is 0 Å². The predicted molar refractivity (Wildman–Crippen MR) is 219 cm³/mol. The van der Waals surface area contributed by atoms with Crippen molar-refractivity contribution in [2.45, 2.75) is 0 Å². The maximum atomic E-state index is 5.10. The third-order valence-electron chi connectivity index (χ3n) is 10.2. The number of hydrogen-bond donors (Lipinski definition) is 0. The van der Waals surface area contributed by atoms with Crippen LogP contribution < -0.4 is 0 Å². The lowest BCUT2D eigenvalue weighted by atomic mass is 9.93. The molecule has 53 heavy (non-hydrogen) atoms. The first-order valence-corrected chi connectivity index (χ1v) is 17.8. The van der Waals surface area contributed by atoms with E-state index in [9.17, 15) is 0 Å². The molecule has 4 nitrogen and oxygen atoms in total. The van der Waals surface area contributed by atoms with E-state index in [1.807, 2.05) is 24.5 Å². The largest absolute Gasteiger partial charge is 0.265 e. The van der Waals surface area contributed by atoms with Crippen molar-refractivity contribution in [2.24, 2.45) is 0 Å². The molecule has 0 bridgehead atoms. The maximum Gasteiger partial charge on any atom is 0.121 e. The molecular formula is C49H32N4. The Hall–Kier alpha value is -7.17.